The number of oxazole rings is 1. The van der Waals surface area contributed by atoms with E-state index in [9.17, 15) is 4.79 Å². The van der Waals surface area contributed by atoms with Gasteiger partial charge in [0.1, 0.15) is 11.6 Å². The molecule has 0 unspecified atom stereocenters. The number of hydrogen-bond donors (Lipinski definition) is 1. The third-order valence-corrected chi connectivity index (χ3v) is 5.15. The van der Waals surface area contributed by atoms with Crippen LogP contribution in [0.3, 0.4) is 0 Å². The van der Waals surface area contributed by atoms with Crippen molar-refractivity contribution in [2.24, 2.45) is 0 Å². The maximum absolute atomic E-state index is 13.0. The molecule has 1 N–H and O–H groups in total. The molecule has 9 nitrogen and oxygen atoms in total. The minimum absolute atomic E-state index is 0.243. The topological polar surface area (TPSA) is 107 Å². The number of nitrogens with zero attached hydrogens (tertiary/aromatic N) is 4. The van der Waals surface area contributed by atoms with Crippen molar-refractivity contribution < 1.29 is 18.5 Å². The van der Waals surface area contributed by atoms with Crippen LogP contribution in [0.2, 0.25) is 0 Å². The molecule has 2 aromatic heterocycles. The fourth-order valence-corrected chi connectivity index (χ4v) is 3.57. The molecule has 1 saturated carbocycles. The van der Waals surface area contributed by atoms with E-state index in [1.54, 1.807) is 30.0 Å². The number of aromatic nitrogens is 3. The Balaban J connectivity index is 1.38. The molecule has 0 radical (unpaired) electrons. The van der Waals surface area contributed by atoms with Crippen LogP contribution in [0.1, 0.15) is 49.3 Å². The monoisotopic (exact) mass is 383 g/mol. The van der Waals surface area contributed by atoms with Crippen LogP contribution in [0.25, 0.3) is 11.1 Å². The third-order valence-electron chi connectivity index (χ3n) is 5.15. The van der Waals surface area contributed by atoms with Gasteiger partial charge in [-0.05, 0) is 38.0 Å². The number of hydrogen-bond acceptors (Lipinski definition) is 7. The zero-order valence-corrected chi connectivity index (χ0v) is 15.7. The number of rotatable bonds is 3. The van der Waals surface area contributed by atoms with E-state index in [-0.39, 0.29) is 12.1 Å². The van der Waals surface area contributed by atoms with Crippen molar-refractivity contribution >= 4 is 22.8 Å². The average Bonchev–Trinajstić information content (AvgIpc) is 3.28. The molecule has 2 amide bonds. The van der Waals surface area contributed by atoms with E-state index < -0.39 is 6.04 Å². The Kier molecular flexibility index (Phi) is 4.04. The lowest BCUT2D eigenvalue weighted by molar-refractivity contribution is -0.0525. The minimum Gasteiger partial charge on any atom is -0.441 e. The highest BCUT2D eigenvalue weighted by Crippen LogP contribution is 2.39. The molecule has 2 aliphatic rings. The van der Waals surface area contributed by atoms with Crippen molar-refractivity contribution in [3.05, 3.63) is 35.8 Å². The van der Waals surface area contributed by atoms with E-state index in [0.29, 0.717) is 47.6 Å². The van der Waals surface area contributed by atoms with Crippen LogP contribution in [0.5, 0.6) is 0 Å². The second kappa shape index (κ2) is 6.59. The number of ether oxygens (including phenoxy) is 1. The maximum Gasteiger partial charge on any atom is 0.322 e. The standard InChI is InChI=1S/C19H21N5O4/c1-10-16(18-22-17(23-28-18)12-3-4-12)24(7-8-26-10)19(25)21-13-5-6-15-14(9-13)20-11(2)27-15/h5-6,9-10,12,16H,3-4,7-8H2,1-2H3,(H,21,25)/t10-,16+/m1/s1. The summed E-state index contributed by atoms with van der Waals surface area (Å²) in [7, 11) is 0. The van der Waals surface area contributed by atoms with Gasteiger partial charge in [0.2, 0.25) is 0 Å². The molecule has 28 heavy (non-hydrogen) atoms. The molecule has 9 heteroatoms. The summed E-state index contributed by atoms with van der Waals surface area (Å²) in [5.74, 6) is 2.12. The largest absolute Gasteiger partial charge is 0.441 e. The SMILES string of the molecule is Cc1nc2cc(NC(=O)N3CCO[C@H](C)[C@H]3c3nc(C4CC4)no3)ccc2o1. The smallest absolute Gasteiger partial charge is 0.322 e. The summed E-state index contributed by atoms with van der Waals surface area (Å²) >= 11 is 0. The molecular formula is C19H21N5O4. The Labute approximate surface area is 161 Å². The lowest BCUT2D eigenvalue weighted by atomic mass is 10.1. The van der Waals surface area contributed by atoms with Crippen molar-refractivity contribution in [2.45, 2.75) is 44.8 Å². The Morgan fingerprint density at radius 1 is 1.29 bits per heavy atom. The number of nitrogens with one attached hydrogen (secondary N) is 1. The summed E-state index contributed by atoms with van der Waals surface area (Å²) in [6.45, 7) is 4.59. The van der Waals surface area contributed by atoms with Gasteiger partial charge >= 0.3 is 6.03 Å². The van der Waals surface area contributed by atoms with Gasteiger partial charge in [0.05, 0.1) is 12.7 Å². The molecule has 2 fully saturated rings. The molecule has 1 aliphatic heterocycles. The molecule has 1 saturated heterocycles. The van der Waals surface area contributed by atoms with Gasteiger partial charge in [-0.2, -0.15) is 4.98 Å². The van der Waals surface area contributed by atoms with Crippen LogP contribution in [-0.4, -0.2) is 45.3 Å². The first-order valence-electron chi connectivity index (χ1n) is 9.48. The van der Waals surface area contributed by atoms with Gasteiger partial charge in [-0.1, -0.05) is 5.16 Å². The third kappa shape index (κ3) is 3.11. The summed E-state index contributed by atoms with van der Waals surface area (Å²) in [4.78, 5) is 23.5. The van der Waals surface area contributed by atoms with Crippen LogP contribution >= 0.6 is 0 Å². The van der Waals surface area contributed by atoms with Crippen molar-refractivity contribution in [1.82, 2.24) is 20.0 Å². The van der Waals surface area contributed by atoms with E-state index in [0.717, 1.165) is 18.7 Å². The highest BCUT2D eigenvalue weighted by molar-refractivity contribution is 5.92. The second-order valence-electron chi connectivity index (χ2n) is 7.32. The Morgan fingerprint density at radius 3 is 2.96 bits per heavy atom. The van der Waals surface area contributed by atoms with Gasteiger partial charge in [0.25, 0.3) is 5.89 Å². The number of urea groups is 1. The number of benzene rings is 1. The van der Waals surface area contributed by atoms with E-state index in [4.69, 9.17) is 13.7 Å². The number of morpholine rings is 1. The first-order valence-corrected chi connectivity index (χ1v) is 9.48. The van der Waals surface area contributed by atoms with Gasteiger partial charge in [-0.15, -0.1) is 0 Å². The van der Waals surface area contributed by atoms with Crippen molar-refractivity contribution in [1.29, 1.82) is 0 Å². The quantitative estimate of drug-likeness (QED) is 0.739. The van der Waals surface area contributed by atoms with Crippen LogP contribution in [0, 0.1) is 6.92 Å². The van der Waals surface area contributed by atoms with Gasteiger partial charge in [0.15, 0.2) is 17.3 Å². The predicted octanol–water partition coefficient (Wildman–Crippen LogP) is 3.39. The molecule has 3 aromatic rings. The molecule has 2 atom stereocenters. The van der Waals surface area contributed by atoms with E-state index in [1.807, 2.05) is 6.92 Å². The van der Waals surface area contributed by atoms with Crippen molar-refractivity contribution in [3.8, 4) is 0 Å². The van der Waals surface area contributed by atoms with Gasteiger partial charge in [-0.3, -0.25) is 0 Å². The second-order valence-corrected chi connectivity index (χ2v) is 7.32. The molecule has 1 aliphatic carbocycles. The first kappa shape index (κ1) is 17.2. The number of aryl methyl sites for hydroxylation is 1. The van der Waals surface area contributed by atoms with Crippen LogP contribution in [-0.2, 0) is 4.74 Å². The Hall–Kier alpha value is -2.94. The molecule has 5 rings (SSSR count). The fraction of sp³-hybridized carbons (Fsp3) is 0.474. The molecule has 1 aromatic carbocycles. The zero-order valence-electron chi connectivity index (χ0n) is 15.7. The maximum atomic E-state index is 13.0. The summed E-state index contributed by atoms with van der Waals surface area (Å²) in [6, 6.07) is 4.71. The first-order chi connectivity index (χ1) is 13.6. The van der Waals surface area contributed by atoms with Crippen molar-refractivity contribution in [2.75, 3.05) is 18.5 Å². The number of carbonyl (C=O) groups is 1. The number of anilines is 1. The zero-order chi connectivity index (χ0) is 19.3. The fourth-order valence-electron chi connectivity index (χ4n) is 3.57. The highest BCUT2D eigenvalue weighted by atomic mass is 16.5. The lowest BCUT2D eigenvalue weighted by Crippen LogP contribution is -2.49. The minimum atomic E-state index is -0.424. The summed E-state index contributed by atoms with van der Waals surface area (Å²) in [5.41, 5.74) is 2.04. The molecule has 3 heterocycles. The van der Waals surface area contributed by atoms with Gasteiger partial charge in [0, 0.05) is 25.1 Å². The van der Waals surface area contributed by atoms with E-state index >= 15 is 0 Å². The van der Waals surface area contributed by atoms with Gasteiger partial charge in [-0.25, -0.2) is 9.78 Å². The van der Waals surface area contributed by atoms with E-state index in [1.165, 1.54) is 0 Å². The van der Waals surface area contributed by atoms with E-state index in [2.05, 4.69) is 20.4 Å². The molecule has 146 valence electrons. The summed E-state index contributed by atoms with van der Waals surface area (Å²) in [6.07, 6.45) is 1.93. The Bertz CT molecular complexity index is 1020. The molecule has 0 spiro atoms. The Morgan fingerprint density at radius 2 is 2.14 bits per heavy atom. The number of amides is 2. The molecular weight excluding hydrogens is 362 g/mol. The molecule has 0 bridgehead atoms. The normalized spacial score (nSPS) is 22.6. The lowest BCUT2D eigenvalue weighted by Gasteiger charge is -2.37. The van der Waals surface area contributed by atoms with Crippen LogP contribution in [0.4, 0.5) is 10.5 Å². The average molecular weight is 383 g/mol. The highest BCUT2D eigenvalue weighted by Gasteiger charge is 2.39. The number of carbonyl (C=O) groups excluding carboxylic acids is 1. The predicted molar refractivity (Wildman–Crippen MR) is 98.9 cm³/mol. The number of fused-ring (bicyclic) bond motifs is 1. The van der Waals surface area contributed by atoms with Crippen molar-refractivity contribution in [3.63, 3.8) is 0 Å². The van der Waals surface area contributed by atoms with Gasteiger partial charge < -0.3 is 23.9 Å². The summed E-state index contributed by atoms with van der Waals surface area (Å²) < 4.78 is 16.7. The van der Waals surface area contributed by atoms with Crippen LogP contribution in [0.15, 0.2) is 27.1 Å². The summed E-state index contributed by atoms with van der Waals surface area (Å²) in [5, 5.41) is 7.02. The van der Waals surface area contributed by atoms with Crippen LogP contribution < -0.4 is 5.32 Å².